The van der Waals surface area contributed by atoms with E-state index in [9.17, 15) is 5.11 Å². The van der Waals surface area contributed by atoms with E-state index in [4.69, 9.17) is 9.47 Å². The first-order chi connectivity index (χ1) is 8.50. The molecule has 2 unspecified atom stereocenters. The summed E-state index contributed by atoms with van der Waals surface area (Å²) in [4.78, 5) is 2.28. The first-order valence-corrected chi connectivity index (χ1v) is 7.13. The van der Waals surface area contributed by atoms with Gasteiger partial charge in [0.15, 0.2) is 0 Å². The first kappa shape index (κ1) is 15.9. The quantitative estimate of drug-likeness (QED) is 0.720. The summed E-state index contributed by atoms with van der Waals surface area (Å²) in [6, 6.07) is 0.885. The molecule has 108 valence electrons. The second-order valence-electron chi connectivity index (χ2n) is 5.71. The average Bonchev–Trinajstić information content (AvgIpc) is 2.78. The van der Waals surface area contributed by atoms with Gasteiger partial charge in [0, 0.05) is 25.2 Å². The fourth-order valence-corrected chi connectivity index (χ4v) is 2.43. The van der Waals surface area contributed by atoms with E-state index in [0.717, 1.165) is 19.4 Å². The number of hydrogen-bond acceptors (Lipinski definition) is 4. The van der Waals surface area contributed by atoms with Gasteiger partial charge in [-0.05, 0) is 40.5 Å². The molecule has 1 rings (SSSR count). The second kappa shape index (κ2) is 8.10. The van der Waals surface area contributed by atoms with Crippen molar-refractivity contribution >= 4 is 0 Å². The summed E-state index contributed by atoms with van der Waals surface area (Å²) in [7, 11) is 0. The minimum atomic E-state index is -0.420. The van der Waals surface area contributed by atoms with Gasteiger partial charge in [-0.15, -0.1) is 0 Å². The van der Waals surface area contributed by atoms with E-state index in [1.54, 1.807) is 0 Å². The van der Waals surface area contributed by atoms with E-state index in [0.29, 0.717) is 31.8 Å². The van der Waals surface area contributed by atoms with Crippen molar-refractivity contribution in [3.63, 3.8) is 0 Å². The Morgan fingerprint density at radius 2 is 1.94 bits per heavy atom. The third-order valence-corrected chi connectivity index (χ3v) is 3.39. The van der Waals surface area contributed by atoms with Gasteiger partial charge in [0.05, 0.1) is 25.4 Å². The molecule has 0 aromatic carbocycles. The summed E-state index contributed by atoms with van der Waals surface area (Å²) in [5.74, 6) is 0. The molecule has 1 aliphatic heterocycles. The second-order valence-corrected chi connectivity index (χ2v) is 5.71. The molecule has 1 saturated heterocycles. The van der Waals surface area contributed by atoms with Crippen LogP contribution in [-0.4, -0.2) is 60.7 Å². The lowest BCUT2D eigenvalue weighted by Crippen LogP contribution is -2.43. The molecular weight excluding hydrogens is 230 g/mol. The predicted molar refractivity (Wildman–Crippen MR) is 72.8 cm³/mol. The molecule has 2 atom stereocenters. The van der Waals surface area contributed by atoms with E-state index in [2.05, 4.69) is 32.6 Å². The Balaban J connectivity index is 2.16. The number of aliphatic hydroxyl groups excluding tert-OH is 1. The number of hydrogen-bond donors (Lipinski definition) is 1. The highest BCUT2D eigenvalue weighted by Crippen LogP contribution is 2.12. The van der Waals surface area contributed by atoms with Crippen LogP contribution >= 0.6 is 0 Å². The van der Waals surface area contributed by atoms with Crippen molar-refractivity contribution in [2.75, 3.05) is 26.4 Å². The van der Waals surface area contributed by atoms with Gasteiger partial charge in [-0.3, -0.25) is 4.90 Å². The first-order valence-electron chi connectivity index (χ1n) is 7.13. The van der Waals surface area contributed by atoms with Gasteiger partial charge < -0.3 is 14.6 Å². The van der Waals surface area contributed by atoms with Gasteiger partial charge in [-0.2, -0.15) is 0 Å². The Labute approximate surface area is 111 Å². The summed E-state index contributed by atoms with van der Waals surface area (Å²) in [6.45, 7) is 11.1. The van der Waals surface area contributed by atoms with Gasteiger partial charge in [-0.25, -0.2) is 0 Å². The lowest BCUT2D eigenvalue weighted by atomic mass is 10.2. The number of rotatable bonds is 8. The lowest BCUT2D eigenvalue weighted by Gasteiger charge is -2.32. The van der Waals surface area contributed by atoms with Crippen molar-refractivity contribution in [2.45, 2.75) is 64.8 Å². The molecule has 0 radical (unpaired) electrons. The van der Waals surface area contributed by atoms with Crippen LogP contribution in [0.3, 0.4) is 0 Å². The van der Waals surface area contributed by atoms with Crippen molar-refractivity contribution in [1.29, 1.82) is 0 Å². The van der Waals surface area contributed by atoms with Crippen LogP contribution in [0, 0.1) is 0 Å². The molecule has 0 bridgehead atoms. The molecule has 1 N–H and O–H groups in total. The standard InChI is InChI=1S/C14H29NO3/c1-11(2)15(12(3)4)8-13(16)9-17-10-14-6-5-7-18-14/h11-14,16H,5-10H2,1-4H3. The van der Waals surface area contributed by atoms with Crippen LogP contribution in [0.15, 0.2) is 0 Å². The third kappa shape index (κ3) is 5.65. The van der Waals surface area contributed by atoms with E-state index in [-0.39, 0.29) is 6.10 Å². The average molecular weight is 259 g/mol. The summed E-state index contributed by atoms with van der Waals surface area (Å²) in [6.07, 6.45) is 2.03. The fourth-order valence-electron chi connectivity index (χ4n) is 2.43. The van der Waals surface area contributed by atoms with Crippen molar-refractivity contribution in [3.05, 3.63) is 0 Å². The Bertz CT molecular complexity index is 207. The van der Waals surface area contributed by atoms with Crippen LogP contribution < -0.4 is 0 Å². The largest absolute Gasteiger partial charge is 0.389 e. The maximum absolute atomic E-state index is 9.98. The van der Waals surface area contributed by atoms with Crippen LogP contribution in [0.25, 0.3) is 0 Å². The van der Waals surface area contributed by atoms with E-state index < -0.39 is 6.10 Å². The molecule has 1 heterocycles. The summed E-state index contributed by atoms with van der Waals surface area (Å²) < 4.78 is 11.0. The van der Waals surface area contributed by atoms with Crippen molar-refractivity contribution in [2.24, 2.45) is 0 Å². The van der Waals surface area contributed by atoms with Gasteiger partial charge in [0.2, 0.25) is 0 Å². The van der Waals surface area contributed by atoms with Gasteiger partial charge in [0.25, 0.3) is 0 Å². The number of ether oxygens (including phenoxy) is 2. The van der Waals surface area contributed by atoms with Crippen LogP contribution in [0.2, 0.25) is 0 Å². The highest BCUT2D eigenvalue weighted by Gasteiger charge is 2.19. The SMILES string of the molecule is CC(C)N(CC(O)COCC1CCCO1)C(C)C. The van der Waals surface area contributed by atoms with Crippen molar-refractivity contribution < 1.29 is 14.6 Å². The van der Waals surface area contributed by atoms with Gasteiger partial charge in [-0.1, -0.05) is 0 Å². The fraction of sp³-hybridized carbons (Fsp3) is 1.00. The van der Waals surface area contributed by atoms with E-state index in [1.165, 1.54) is 0 Å². The molecule has 0 aromatic rings. The maximum atomic E-state index is 9.98. The van der Waals surface area contributed by atoms with Crippen LogP contribution in [0.1, 0.15) is 40.5 Å². The predicted octanol–water partition coefficient (Wildman–Crippen LogP) is 1.66. The third-order valence-electron chi connectivity index (χ3n) is 3.39. The Hall–Kier alpha value is -0.160. The Morgan fingerprint density at radius 1 is 1.28 bits per heavy atom. The summed E-state index contributed by atoms with van der Waals surface area (Å²) in [5, 5.41) is 9.98. The van der Waals surface area contributed by atoms with E-state index >= 15 is 0 Å². The monoisotopic (exact) mass is 259 g/mol. The summed E-state index contributed by atoms with van der Waals surface area (Å²) >= 11 is 0. The van der Waals surface area contributed by atoms with Crippen LogP contribution in [0.4, 0.5) is 0 Å². The highest BCUT2D eigenvalue weighted by molar-refractivity contribution is 4.72. The molecule has 4 heteroatoms. The Morgan fingerprint density at radius 3 is 2.44 bits per heavy atom. The number of aliphatic hydroxyl groups is 1. The van der Waals surface area contributed by atoms with Crippen molar-refractivity contribution in [3.8, 4) is 0 Å². The molecular formula is C14H29NO3. The van der Waals surface area contributed by atoms with Gasteiger partial charge >= 0.3 is 0 Å². The van der Waals surface area contributed by atoms with Crippen LogP contribution in [-0.2, 0) is 9.47 Å². The zero-order valence-corrected chi connectivity index (χ0v) is 12.3. The molecule has 0 aliphatic carbocycles. The normalized spacial score (nSPS) is 22.3. The number of nitrogens with zero attached hydrogens (tertiary/aromatic N) is 1. The molecule has 1 aliphatic rings. The van der Waals surface area contributed by atoms with Crippen molar-refractivity contribution in [1.82, 2.24) is 4.90 Å². The smallest absolute Gasteiger partial charge is 0.0900 e. The molecule has 0 saturated carbocycles. The molecule has 0 aromatic heterocycles. The lowest BCUT2D eigenvalue weighted by molar-refractivity contribution is -0.0305. The zero-order chi connectivity index (χ0) is 13.5. The molecule has 4 nitrogen and oxygen atoms in total. The molecule has 0 amide bonds. The zero-order valence-electron chi connectivity index (χ0n) is 12.3. The summed E-state index contributed by atoms with van der Waals surface area (Å²) in [5.41, 5.74) is 0. The minimum Gasteiger partial charge on any atom is -0.389 e. The topological polar surface area (TPSA) is 41.9 Å². The Kier molecular flexibility index (Phi) is 7.15. The minimum absolute atomic E-state index is 0.239. The molecule has 18 heavy (non-hydrogen) atoms. The maximum Gasteiger partial charge on any atom is 0.0900 e. The van der Waals surface area contributed by atoms with Crippen LogP contribution in [0.5, 0.6) is 0 Å². The highest BCUT2D eigenvalue weighted by atomic mass is 16.5. The molecule has 1 fully saturated rings. The molecule has 0 spiro atoms. The van der Waals surface area contributed by atoms with E-state index in [1.807, 2.05) is 0 Å². The van der Waals surface area contributed by atoms with Gasteiger partial charge in [0.1, 0.15) is 0 Å².